The molecule has 182 valence electrons. The Hall–Kier alpha value is -3.43. The normalized spacial score (nSPS) is 18.4. The summed E-state index contributed by atoms with van der Waals surface area (Å²) < 4.78 is 24.9. The molecule has 0 saturated carbocycles. The summed E-state index contributed by atoms with van der Waals surface area (Å²) in [6, 6.07) is 17.0. The van der Waals surface area contributed by atoms with Gasteiger partial charge in [0.2, 0.25) is 5.91 Å². The molecule has 0 unspecified atom stereocenters. The van der Waals surface area contributed by atoms with Crippen LogP contribution in [-0.4, -0.2) is 62.2 Å². The fourth-order valence-electron chi connectivity index (χ4n) is 4.38. The Morgan fingerprint density at radius 2 is 1.83 bits per heavy atom. The molecule has 2 aromatic carbocycles. The number of para-hydroxylation sites is 2. The van der Waals surface area contributed by atoms with Gasteiger partial charge in [0.05, 0.1) is 38.0 Å². The molecule has 0 radical (unpaired) electrons. The van der Waals surface area contributed by atoms with Crippen LogP contribution in [0.15, 0.2) is 66.0 Å². The summed E-state index contributed by atoms with van der Waals surface area (Å²) >= 11 is 1.52. The fourth-order valence-corrected chi connectivity index (χ4v) is 5.18. The van der Waals surface area contributed by atoms with Crippen LogP contribution in [0.3, 0.4) is 0 Å². The van der Waals surface area contributed by atoms with Crippen LogP contribution in [0.5, 0.6) is 5.75 Å². The first kappa shape index (κ1) is 23.3. The van der Waals surface area contributed by atoms with E-state index in [2.05, 4.69) is 5.32 Å². The van der Waals surface area contributed by atoms with Crippen molar-refractivity contribution in [3.8, 4) is 5.75 Å². The third-order valence-electron chi connectivity index (χ3n) is 6.13. The molecule has 0 spiro atoms. The number of thiophene rings is 1. The Bertz CT molecular complexity index is 1170. The van der Waals surface area contributed by atoms with Gasteiger partial charge in [0.15, 0.2) is 6.10 Å². The number of carbonyl (C=O) groups is 2. The highest BCUT2D eigenvalue weighted by molar-refractivity contribution is 7.10. The summed E-state index contributed by atoms with van der Waals surface area (Å²) in [4.78, 5) is 31.0. The molecule has 3 aromatic rings. The maximum Gasteiger partial charge on any atom is 0.265 e. The Labute approximate surface area is 207 Å². The second-order valence-corrected chi connectivity index (χ2v) is 9.44. The van der Waals surface area contributed by atoms with Crippen LogP contribution in [-0.2, 0) is 14.3 Å². The third kappa shape index (κ3) is 5.31. The number of hydrogen-bond donors (Lipinski definition) is 1. The van der Waals surface area contributed by atoms with E-state index in [1.807, 2.05) is 46.7 Å². The molecule has 3 heterocycles. The molecule has 1 fully saturated rings. The van der Waals surface area contributed by atoms with Crippen LogP contribution in [0.2, 0.25) is 0 Å². The van der Waals surface area contributed by atoms with Crippen LogP contribution in [0.4, 0.5) is 10.1 Å². The van der Waals surface area contributed by atoms with Gasteiger partial charge in [-0.25, -0.2) is 4.39 Å². The number of hydrogen-bond acceptors (Lipinski definition) is 6. The number of carbonyl (C=O) groups excluding carboxylic acids is 2. The number of rotatable bonds is 6. The monoisotopic (exact) mass is 495 g/mol. The summed E-state index contributed by atoms with van der Waals surface area (Å²) in [5.41, 5.74) is 1.56. The average Bonchev–Trinajstić information content (AvgIpc) is 3.43. The molecule has 1 saturated heterocycles. The quantitative estimate of drug-likeness (QED) is 0.569. The minimum absolute atomic E-state index is 0.0519. The molecule has 5 rings (SSSR count). The standard InChI is InChI=1S/C26H26FN3O4S/c27-19-9-7-18(8-10-19)25(23-6-3-15-35-23)28-24(31)17-30-16-22(26(32)29-11-13-33-14-12-29)34-21-5-2-1-4-20(21)30/h1-10,15,22,25H,11-14,16-17H2,(H,28,31)/t22-,25+/m1/s1. The van der Waals surface area contributed by atoms with Crippen molar-refractivity contribution < 1.29 is 23.5 Å². The van der Waals surface area contributed by atoms with Crippen LogP contribution in [0.25, 0.3) is 0 Å². The van der Waals surface area contributed by atoms with Crippen molar-refractivity contribution in [1.82, 2.24) is 10.2 Å². The maximum atomic E-state index is 13.5. The number of nitrogens with zero attached hydrogens (tertiary/aromatic N) is 2. The smallest absolute Gasteiger partial charge is 0.265 e. The largest absolute Gasteiger partial charge is 0.477 e. The van der Waals surface area contributed by atoms with E-state index in [4.69, 9.17) is 9.47 Å². The van der Waals surface area contributed by atoms with E-state index >= 15 is 0 Å². The Balaban J connectivity index is 1.34. The second-order valence-electron chi connectivity index (χ2n) is 8.46. The molecular weight excluding hydrogens is 469 g/mol. The van der Waals surface area contributed by atoms with Gasteiger partial charge in [-0.2, -0.15) is 0 Å². The van der Waals surface area contributed by atoms with Gasteiger partial charge in [0.1, 0.15) is 11.6 Å². The predicted molar refractivity (Wildman–Crippen MR) is 131 cm³/mol. The van der Waals surface area contributed by atoms with Crippen molar-refractivity contribution in [3.63, 3.8) is 0 Å². The number of benzene rings is 2. The topological polar surface area (TPSA) is 71.1 Å². The van der Waals surface area contributed by atoms with Crippen molar-refractivity contribution in [3.05, 3.63) is 82.3 Å². The lowest BCUT2D eigenvalue weighted by atomic mass is 10.1. The number of halogens is 1. The molecule has 7 nitrogen and oxygen atoms in total. The SMILES string of the molecule is O=C(CN1C[C@H](C(=O)N2CCOCC2)Oc2ccccc21)N[C@@H](c1ccc(F)cc1)c1cccs1. The van der Waals surface area contributed by atoms with Gasteiger partial charge in [0.25, 0.3) is 5.91 Å². The number of morpholine rings is 1. The van der Waals surface area contributed by atoms with Crippen LogP contribution in [0.1, 0.15) is 16.5 Å². The van der Waals surface area contributed by atoms with E-state index in [9.17, 15) is 14.0 Å². The Morgan fingerprint density at radius 1 is 1.06 bits per heavy atom. The molecular formula is C26H26FN3O4S. The lowest BCUT2D eigenvalue weighted by molar-refractivity contribution is -0.142. The molecule has 0 aliphatic carbocycles. The molecule has 2 aliphatic rings. The highest BCUT2D eigenvalue weighted by Crippen LogP contribution is 2.34. The van der Waals surface area contributed by atoms with Crippen LogP contribution in [0, 0.1) is 5.82 Å². The van der Waals surface area contributed by atoms with E-state index in [0.29, 0.717) is 32.1 Å². The zero-order valence-electron chi connectivity index (χ0n) is 19.1. The van der Waals surface area contributed by atoms with Crippen molar-refractivity contribution in [1.29, 1.82) is 0 Å². The van der Waals surface area contributed by atoms with Crippen LogP contribution >= 0.6 is 11.3 Å². The molecule has 1 aromatic heterocycles. The van der Waals surface area contributed by atoms with Gasteiger partial charge in [-0.3, -0.25) is 9.59 Å². The minimum atomic E-state index is -0.707. The molecule has 9 heteroatoms. The van der Waals surface area contributed by atoms with Gasteiger partial charge < -0.3 is 24.6 Å². The molecule has 2 atom stereocenters. The average molecular weight is 496 g/mol. The summed E-state index contributed by atoms with van der Waals surface area (Å²) in [7, 11) is 0. The number of amides is 2. The zero-order valence-corrected chi connectivity index (χ0v) is 19.9. The highest BCUT2D eigenvalue weighted by Gasteiger charge is 2.35. The van der Waals surface area contributed by atoms with Crippen molar-refractivity contribution >= 4 is 28.8 Å². The number of nitrogens with one attached hydrogen (secondary N) is 1. The lowest BCUT2D eigenvalue weighted by Crippen LogP contribution is -2.54. The number of anilines is 1. The van der Waals surface area contributed by atoms with Gasteiger partial charge >= 0.3 is 0 Å². The van der Waals surface area contributed by atoms with Crippen molar-refractivity contribution in [2.24, 2.45) is 0 Å². The van der Waals surface area contributed by atoms with E-state index in [1.165, 1.54) is 23.5 Å². The van der Waals surface area contributed by atoms with Gasteiger partial charge in [-0.05, 0) is 41.3 Å². The van der Waals surface area contributed by atoms with Crippen LogP contribution < -0.4 is 15.0 Å². The van der Waals surface area contributed by atoms with Gasteiger partial charge in [0, 0.05) is 18.0 Å². The first-order valence-electron chi connectivity index (χ1n) is 11.5. The zero-order chi connectivity index (χ0) is 24.2. The lowest BCUT2D eigenvalue weighted by Gasteiger charge is -2.38. The number of ether oxygens (including phenoxy) is 2. The summed E-state index contributed by atoms with van der Waals surface area (Å²) in [5, 5.41) is 5.04. The Kier molecular flexibility index (Phi) is 6.96. The number of fused-ring (bicyclic) bond motifs is 1. The first-order chi connectivity index (χ1) is 17.1. The second kappa shape index (κ2) is 10.5. The molecule has 0 bridgehead atoms. The van der Waals surface area contributed by atoms with E-state index in [-0.39, 0.29) is 30.7 Å². The molecule has 2 amide bonds. The van der Waals surface area contributed by atoms with Crippen molar-refractivity contribution in [2.45, 2.75) is 12.1 Å². The van der Waals surface area contributed by atoms with Crippen molar-refractivity contribution in [2.75, 3.05) is 44.3 Å². The Morgan fingerprint density at radius 3 is 2.57 bits per heavy atom. The van der Waals surface area contributed by atoms with E-state index < -0.39 is 12.1 Å². The van der Waals surface area contributed by atoms with E-state index in [1.54, 1.807) is 17.0 Å². The summed E-state index contributed by atoms with van der Waals surface area (Å²) in [6.07, 6.45) is -0.707. The molecule has 2 aliphatic heterocycles. The van der Waals surface area contributed by atoms with Gasteiger partial charge in [-0.15, -0.1) is 11.3 Å². The van der Waals surface area contributed by atoms with Gasteiger partial charge in [-0.1, -0.05) is 30.3 Å². The maximum absolute atomic E-state index is 13.5. The van der Waals surface area contributed by atoms with E-state index in [0.717, 1.165) is 16.1 Å². The summed E-state index contributed by atoms with van der Waals surface area (Å²) in [6.45, 7) is 2.39. The molecule has 1 N–H and O–H groups in total. The predicted octanol–water partition coefficient (Wildman–Crippen LogP) is 3.22. The fraction of sp³-hybridized carbons (Fsp3) is 0.308. The highest BCUT2D eigenvalue weighted by atomic mass is 32.1. The third-order valence-corrected chi connectivity index (χ3v) is 7.07. The summed E-state index contributed by atoms with van der Waals surface area (Å²) in [5.74, 6) is -0.0598. The minimum Gasteiger partial charge on any atom is -0.477 e. The first-order valence-corrected chi connectivity index (χ1v) is 12.4. The molecule has 35 heavy (non-hydrogen) atoms.